The van der Waals surface area contributed by atoms with Crippen LogP contribution >= 0.6 is 0 Å². The quantitative estimate of drug-likeness (QED) is 0.533. The Morgan fingerprint density at radius 2 is 1.61 bits per heavy atom. The summed E-state index contributed by atoms with van der Waals surface area (Å²) in [6.45, 7) is 1.00. The Kier molecular flexibility index (Phi) is 3.35. The van der Waals surface area contributed by atoms with E-state index in [1.165, 1.54) is 0 Å². The average Bonchev–Trinajstić information content (AvgIpc) is 2.61. The molecule has 3 aromatic rings. The molecule has 0 bridgehead atoms. The summed E-state index contributed by atoms with van der Waals surface area (Å²) in [6, 6.07) is 18.6. The lowest BCUT2D eigenvalue weighted by Crippen LogP contribution is -2.16. The van der Waals surface area contributed by atoms with Crippen LogP contribution in [-0.4, -0.2) is 19.2 Å². The SMILES string of the molecule is O=C(Oc1ccc2ccccc2c1)c1ccc2c(c1)OCCO2. The third-order valence-electron chi connectivity index (χ3n) is 3.71. The second kappa shape index (κ2) is 5.65. The molecule has 0 saturated heterocycles. The zero-order valence-electron chi connectivity index (χ0n) is 12.3. The average molecular weight is 306 g/mol. The van der Waals surface area contributed by atoms with Gasteiger partial charge in [-0.2, -0.15) is 0 Å². The van der Waals surface area contributed by atoms with Crippen LogP contribution in [0.15, 0.2) is 60.7 Å². The molecular weight excluding hydrogens is 292 g/mol. The molecule has 114 valence electrons. The number of hydrogen-bond donors (Lipinski definition) is 0. The first-order valence-electron chi connectivity index (χ1n) is 7.40. The maximum absolute atomic E-state index is 12.3. The highest BCUT2D eigenvalue weighted by Gasteiger charge is 2.16. The van der Waals surface area contributed by atoms with Crippen LogP contribution in [0.2, 0.25) is 0 Å². The van der Waals surface area contributed by atoms with Gasteiger partial charge in [-0.15, -0.1) is 0 Å². The minimum absolute atomic E-state index is 0.419. The van der Waals surface area contributed by atoms with Gasteiger partial charge in [-0.05, 0) is 41.1 Å². The van der Waals surface area contributed by atoms with Gasteiger partial charge in [0.2, 0.25) is 0 Å². The lowest BCUT2D eigenvalue weighted by atomic mass is 10.1. The first kappa shape index (κ1) is 13.6. The molecule has 3 aromatic carbocycles. The van der Waals surface area contributed by atoms with Gasteiger partial charge in [-0.25, -0.2) is 4.79 Å². The van der Waals surface area contributed by atoms with E-state index < -0.39 is 5.97 Å². The zero-order valence-corrected chi connectivity index (χ0v) is 12.3. The minimum atomic E-state index is -0.419. The Hall–Kier alpha value is -3.01. The molecule has 4 nitrogen and oxygen atoms in total. The van der Waals surface area contributed by atoms with Crippen LogP contribution in [0.25, 0.3) is 10.8 Å². The van der Waals surface area contributed by atoms with Gasteiger partial charge in [0, 0.05) is 0 Å². The van der Waals surface area contributed by atoms with Gasteiger partial charge in [0.25, 0.3) is 0 Å². The Morgan fingerprint density at radius 1 is 0.826 bits per heavy atom. The van der Waals surface area contributed by atoms with E-state index in [4.69, 9.17) is 14.2 Å². The Labute approximate surface area is 133 Å². The molecule has 0 fully saturated rings. The van der Waals surface area contributed by atoms with Gasteiger partial charge in [0.15, 0.2) is 11.5 Å². The van der Waals surface area contributed by atoms with Crippen molar-refractivity contribution in [2.75, 3.05) is 13.2 Å². The van der Waals surface area contributed by atoms with Crippen molar-refractivity contribution in [3.63, 3.8) is 0 Å². The molecule has 0 amide bonds. The van der Waals surface area contributed by atoms with Gasteiger partial charge in [0.05, 0.1) is 5.56 Å². The fraction of sp³-hybridized carbons (Fsp3) is 0.105. The van der Waals surface area contributed by atoms with Crippen molar-refractivity contribution in [2.45, 2.75) is 0 Å². The molecule has 23 heavy (non-hydrogen) atoms. The number of benzene rings is 3. The summed E-state index contributed by atoms with van der Waals surface area (Å²) < 4.78 is 16.4. The van der Waals surface area contributed by atoms with E-state index in [2.05, 4.69) is 0 Å². The van der Waals surface area contributed by atoms with Crippen molar-refractivity contribution in [3.8, 4) is 17.2 Å². The topological polar surface area (TPSA) is 44.8 Å². The fourth-order valence-electron chi connectivity index (χ4n) is 2.57. The second-order valence-corrected chi connectivity index (χ2v) is 5.26. The molecule has 0 aliphatic carbocycles. The van der Waals surface area contributed by atoms with Gasteiger partial charge < -0.3 is 14.2 Å². The molecular formula is C19H14O4. The van der Waals surface area contributed by atoms with Crippen LogP contribution in [-0.2, 0) is 0 Å². The lowest BCUT2D eigenvalue weighted by Gasteiger charge is -2.18. The van der Waals surface area contributed by atoms with Crippen molar-refractivity contribution in [3.05, 3.63) is 66.2 Å². The van der Waals surface area contributed by atoms with E-state index in [1.807, 2.05) is 36.4 Å². The van der Waals surface area contributed by atoms with E-state index in [0.29, 0.717) is 36.0 Å². The van der Waals surface area contributed by atoms with E-state index in [9.17, 15) is 4.79 Å². The highest BCUT2D eigenvalue weighted by atomic mass is 16.6. The Bertz CT molecular complexity index is 885. The maximum atomic E-state index is 12.3. The summed E-state index contributed by atoms with van der Waals surface area (Å²) in [5, 5.41) is 2.13. The number of carbonyl (C=O) groups excluding carboxylic acids is 1. The highest BCUT2D eigenvalue weighted by Crippen LogP contribution is 2.31. The lowest BCUT2D eigenvalue weighted by molar-refractivity contribution is 0.0734. The minimum Gasteiger partial charge on any atom is -0.486 e. The van der Waals surface area contributed by atoms with E-state index in [0.717, 1.165) is 10.8 Å². The van der Waals surface area contributed by atoms with Crippen molar-refractivity contribution in [1.29, 1.82) is 0 Å². The van der Waals surface area contributed by atoms with Crippen LogP contribution in [0.5, 0.6) is 17.2 Å². The summed E-state index contributed by atoms with van der Waals surface area (Å²) in [5.41, 5.74) is 0.433. The summed E-state index contributed by atoms with van der Waals surface area (Å²) in [7, 11) is 0. The normalized spacial score (nSPS) is 12.9. The predicted molar refractivity (Wildman–Crippen MR) is 86.3 cm³/mol. The highest BCUT2D eigenvalue weighted by molar-refractivity contribution is 5.92. The van der Waals surface area contributed by atoms with E-state index in [1.54, 1.807) is 24.3 Å². The van der Waals surface area contributed by atoms with Gasteiger partial charge >= 0.3 is 5.97 Å². The molecule has 0 spiro atoms. The van der Waals surface area contributed by atoms with Gasteiger partial charge in [-0.1, -0.05) is 30.3 Å². The van der Waals surface area contributed by atoms with Gasteiger partial charge in [-0.3, -0.25) is 0 Å². The number of fused-ring (bicyclic) bond motifs is 2. The summed E-state index contributed by atoms with van der Waals surface area (Å²) in [5.74, 6) is 1.32. The first-order chi connectivity index (χ1) is 11.3. The summed E-state index contributed by atoms with van der Waals surface area (Å²) >= 11 is 0. The smallest absolute Gasteiger partial charge is 0.343 e. The van der Waals surface area contributed by atoms with Gasteiger partial charge in [0.1, 0.15) is 19.0 Å². The molecule has 4 heteroatoms. The Morgan fingerprint density at radius 3 is 2.48 bits per heavy atom. The summed E-state index contributed by atoms with van der Waals surface area (Å²) in [4.78, 5) is 12.3. The molecule has 0 aromatic heterocycles. The third-order valence-corrected chi connectivity index (χ3v) is 3.71. The van der Waals surface area contributed by atoms with Crippen LogP contribution in [0, 0.1) is 0 Å². The van der Waals surface area contributed by atoms with Crippen LogP contribution in [0.4, 0.5) is 0 Å². The molecule has 0 atom stereocenters. The first-order valence-corrected chi connectivity index (χ1v) is 7.40. The predicted octanol–water partition coefficient (Wildman–Crippen LogP) is 3.83. The number of carbonyl (C=O) groups is 1. The monoisotopic (exact) mass is 306 g/mol. The number of ether oxygens (including phenoxy) is 3. The largest absolute Gasteiger partial charge is 0.486 e. The third kappa shape index (κ3) is 2.71. The molecule has 1 heterocycles. The number of hydrogen-bond acceptors (Lipinski definition) is 4. The van der Waals surface area contributed by atoms with E-state index in [-0.39, 0.29) is 0 Å². The molecule has 0 unspecified atom stereocenters. The Balaban J connectivity index is 1.59. The van der Waals surface area contributed by atoms with Crippen LogP contribution < -0.4 is 14.2 Å². The second-order valence-electron chi connectivity index (χ2n) is 5.26. The number of rotatable bonds is 2. The van der Waals surface area contributed by atoms with Crippen molar-refractivity contribution < 1.29 is 19.0 Å². The van der Waals surface area contributed by atoms with Crippen LogP contribution in [0.1, 0.15) is 10.4 Å². The zero-order chi connectivity index (χ0) is 15.6. The molecule has 0 radical (unpaired) electrons. The number of esters is 1. The van der Waals surface area contributed by atoms with Crippen molar-refractivity contribution in [1.82, 2.24) is 0 Å². The molecule has 1 aliphatic heterocycles. The standard InChI is InChI=1S/C19H14O4/c20-19(15-6-8-17-18(12-15)22-10-9-21-17)23-16-7-5-13-3-1-2-4-14(13)11-16/h1-8,11-12H,9-10H2. The summed E-state index contributed by atoms with van der Waals surface area (Å²) in [6.07, 6.45) is 0. The maximum Gasteiger partial charge on any atom is 0.343 e. The molecule has 4 rings (SSSR count). The van der Waals surface area contributed by atoms with Crippen LogP contribution in [0.3, 0.4) is 0 Å². The fourth-order valence-corrected chi connectivity index (χ4v) is 2.57. The van der Waals surface area contributed by atoms with E-state index >= 15 is 0 Å². The molecule has 0 N–H and O–H groups in total. The molecule has 0 saturated carbocycles. The van der Waals surface area contributed by atoms with Crippen molar-refractivity contribution in [2.24, 2.45) is 0 Å². The molecule has 1 aliphatic rings. The van der Waals surface area contributed by atoms with Crippen molar-refractivity contribution >= 4 is 16.7 Å².